The quantitative estimate of drug-likeness (QED) is 0.804. The van der Waals surface area contributed by atoms with Crippen molar-refractivity contribution in [3.63, 3.8) is 0 Å². The van der Waals surface area contributed by atoms with E-state index in [0.717, 1.165) is 36.9 Å². The molecule has 3 amide bonds. The first-order valence-electron chi connectivity index (χ1n) is 10.5. The van der Waals surface area contributed by atoms with Gasteiger partial charge in [-0.15, -0.1) is 0 Å². The van der Waals surface area contributed by atoms with Crippen LogP contribution < -0.4 is 10.2 Å². The zero-order valence-electron chi connectivity index (χ0n) is 16.4. The van der Waals surface area contributed by atoms with E-state index in [2.05, 4.69) is 5.32 Å². The van der Waals surface area contributed by atoms with Crippen molar-refractivity contribution in [3.05, 3.63) is 59.7 Å². The van der Waals surface area contributed by atoms with Crippen LogP contribution in [0.1, 0.15) is 42.1 Å². The summed E-state index contributed by atoms with van der Waals surface area (Å²) < 4.78 is 0. The van der Waals surface area contributed by atoms with Crippen LogP contribution in [0.2, 0.25) is 0 Å². The Kier molecular flexibility index (Phi) is 4.26. The second kappa shape index (κ2) is 6.83. The van der Waals surface area contributed by atoms with Gasteiger partial charge in [0, 0.05) is 11.3 Å². The van der Waals surface area contributed by atoms with Gasteiger partial charge in [-0.3, -0.25) is 19.3 Å². The van der Waals surface area contributed by atoms with Gasteiger partial charge in [0.2, 0.25) is 11.8 Å². The molecule has 0 unspecified atom stereocenters. The third-order valence-electron chi connectivity index (χ3n) is 6.94. The van der Waals surface area contributed by atoms with Crippen molar-refractivity contribution < 1.29 is 14.4 Å². The van der Waals surface area contributed by atoms with Crippen LogP contribution in [0.4, 0.5) is 11.4 Å². The van der Waals surface area contributed by atoms with Gasteiger partial charge in [-0.2, -0.15) is 0 Å². The lowest BCUT2D eigenvalue weighted by Gasteiger charge is -2.19. The van der Waals surface area contributed by atoms with Gasteiger partial charge in [-0.1, -0.05) is 31.2 Å². The molecule has 2 saturated carbocycles. The van der Waals surface area contributed by atoms with Crippen molar-refractivity contribution in [3.8, 4) is 0 Å². The van der Waals surface area contributed by atoms with Crippen LogP contribution in [0.5, 0.6) is 0 Å². The van der Waals surface area contributed by atoms with E-state index in [4.69, 9.17) is 0 Å². The molecule has 29 heavy (non-hydrogen) atoms. The highest BCUT2D eigenvalue weighted by atomic mass is 16.2. The first kappa shape index (κ1) is 18.1. The highest BCUT2D eigenvalue weighted by molar-refractivity contribution is 6.23. The normalized spacial score (nSPS) is 27.4. The largest absolute Gasteiger partial charge is 0.322 e. The molecule has 2 aliphatic carbocycles. The molecule has 1 saturated heterocycles. The molecule has 2 bridgehead atoms. The maximum absolute atomic E-state index is 13.0. The van der Waals surface area contributed by atoms with Gasteiger partial charge in [0.1, 0.15) is 0 Å². The maximum atomic E-state index is 13.0. The second-order valence-corrected chi connectivity index (χ2v) is 8.41. The van der Waals surface area contributed by atoms with Gasteiger partial charge >= 0.3 is 0 Å². The molecule has 2 aromatic rings. The lowest BCUT2D eigenvalue weighted by atomic mass is 9.81. The zero-order chi connectivity index (χ0) is 20.1. The number of aryl methyl sites for hydroxylation is 1. The number of fused-ring (bicyclic) bond motifs is 5. The van der Waals surface area contributed by atoms with Gasteiger partial charge in [0.25, 0.3) is 5.91 Å². The Morgan fingerprint density at radius 2 is 1.69 bits per heavy atom. The molecule has 1 N–H and O–H groups in total. The van der Waals surface area contributed by atoms with Crippen molar-refractivity contribution in [2.45, 2.75) is 32.6 Å². The Hall–Kier alpha value is -2.95. The van der Waals surface area contributed by atoms with Crippen LogP contribution in [-0.2, 0) is 16.0 Å². The number of hydrogen-bond donors (Lipinski definition) is 1. The second-order valence-electron chi connectivity index (χ2n) is 8.41. The lowest BCUT2D eigenvalue weighted by Crippen LogP contribution is -2.33. The van der Waals surface area contributed by atoms with Gasteiger partial charge < -0.3 is 5.32 Å². The summed E-state index contributed by atoms with van der Waals surface area (Å²) in [5, 5.41) is 2.95. The number of benzene rings is 2. The van der Waals surface area contributed by atoms with Crippen LogP contribution in [0, 0.1) is 23.7 Å². The minimum Gasteiger partial charge on any atom is -0.322 e. The summed E-state index contributed by atoms with van der Waals surface area (Å²) in [6.07, 6.45) is 3.94. The molecular formula is C24H24N2O3. The predicted molar refractivity (Wildman–Crippen MR) is 111 cm³/mol. The van der Waals surface area contributed by atoms with E-state index in [0.29, 0.717) is 23.1 Å². The van der Waals surface area contributed by atoms with Gasteiger partial charge in [-0.05, 0) is 67.3 Å². The maximum Gasteiger partial charge on any atom is 0.255 e. The molecule has 5 rings (SSSR count). The van der Waals surface area contributed by atoms with Crippen LogP contribution in [0.25, 0.3) is 0 Å². The fourth-order valence-corrected chi connectivity index (χ4v) is 5.59. The van der Waals surface area contributed by atoms with Crippen molar-refractivity contribution in [1.29, 1.82) is 0 Å². The predicted octanol–water partition coefficient (Wildman–Crippen LogP) is 4.04. The first-order chi connectivity index (χ1) is 14.1. The SMILES string of the molecule is CCc1ccccc1NC(=O)c1cccc(N2C(=O)[C@@H]3[C@@H]4CC[C@@H](C4)[C@@H]3C2=O)c1. The molecule has 148 valence electrons. The highest BCUT2D eigenvalue weighted by Gasteiger charge is 2.61. The molecule has 0 radical (unpaired) electrons. The summed E-state index contributed by atoms with van der Waals surface area (Å²) in [5.74, 6) is -0.0217. The minimum absolute atomic E-state index is 0.0823. The van der Waals surface area contributed by atoms with E-state index in [1.54, 1.807) is 24.3 Å². The highest BCUT2D eigenvalue weighted by Crippen LogP contribution is 2.56. The molecule has 5 heteroatoms. The van der Waals surface area contributed by atoms with Crippen LogP contribution in [0.15, 0.2) is 48.5 Å². The molecule has 0 aromatic heterocycles. The van der Waals surface area contributed by atoms with Gasteiger partial charge in [0.15, 0.2) is 0 Å². The molecule has 4 atom stereocenters. The van der Waals surface area contributed by atoms with E-state index < -0.39 is 0 Å². The summed E-state index contributed by atoms with van der Waals surface area (Å²) in [4.78, 5) is 40.2. The lowest BCUT2D eigenvalue weighted by molar-refractivity contribution is -0.123. The number of para-hydroxylation sites is 1. The van der Waals surface area contributed by atoms with E-state index in [-0.39, 0.29) is 29.6 Å². The average molecular weight is 388 g/mol. The third-order valence-corrected chi connectivity index (χ3v) is 6.94. The van der Waals surface area contributed by atoms with Crippen LogP contribution in [0.3, 0.4) is 0 Å². The zero-order valence-corrected chi connectivity index (χ0v) is 16.4. The Bertz CT molecular complexity index is 987. The van der Waals surface area contributed by atoms with Crippen molar-refractivity contribution >= 4 is 29.1 Å². The monoisotopic (exact) mass is 388 g/mol. The van der Waals surface area contributed by atoms with Crippen LogP contribution in [-0.4, -0.2) is 17.7 Å². The standard InChI is InChI=1S/C24H24N2O3/c1-2-14-6-3-4-9-19(14)25-22(27)17-7-5-8-18(13-17)26-23(28)20-15-10-11-16(12-15)21(20)24(26)29/h3-9,13,15-16,20-21H,2,10-12H2,1H3,(H,25,27)/t15-,16+,20-,21+. The molecule has 5 nitrogen and oxygen atoms in total. The topological polar surface area (TPSA) is 66.5 Å². The molecule has 2 aromatic carbocycles. The number of hydrogen-bond acceptors (Lipinski definition) is 3. The summed E-state index contributed by atoms with van der Waals surface area (Å²) in [6.45, 7) is 2.04. The Labute approximate surface area is 170 Å². The number of carbonyl (C=O) groups excluding carboxylic acids is 3. The molecule has 3 aliphatic rings. The van der Waals surface area contributed by atoms with E-state index in [1.807, 2.05) is 31.2 Å². The smallest absolute Gasteiger partial charge is 0.255 e. The Morgan fingerprint density at radius 1 is 1.00 bits per heavy atom. The molecule has 1 heterocycles. The third kappa shape index (κ3) is 2.79. The summed E-state index contributed by atoms with van der Waals surface area (Å²) in [7, 11) is 0. The van der Waals surface area contributed by atoms with Crippen molar-refractivity contribution in [2.75, 3.05) is 10.2 Å². The van der Waals surface area contributed by atoms with Crippen molar-refractivity contribution in [2.24, 2.45) is 23.7 Å². The summed E-state index contributed by atoms with van der Waals surface area (Å²) in [6, 6.07) is 14.6. The van der Waals surface area contributed by atoms with Crippen molar-refractivity contribution in [1.82, 2.24) is 0 Å². The minimum atomic E-state index is -0.243. The number of carbonyl (C=O) groups is 3. The number of anilines is 2. The number of nitrogens with zero attached hydrogens (tertiary/aromatic N) is 1. The van der Waals surface area contributed by atoms with E-state index in [9.17, 15) is 14.4 Å². The number of rotatable bonds is 4. The summed E-state index contributed by atoms with van der Waals surface area (Å²) >= 11 is 0. The fraction of sp³-hybridized carbons (Fsp3) is 0.375. The summed E-state index contributed by atoms with van der Waals surface area (Å²) in [5.41, 5.74) is 2.79. The molecule has 1 aliphatic heterocycles. The Morgan fingerprint density at radius 3 is 2.38 bits per heavy atom. The fourth-order valence-electron chi connectivity index (χ4n) is 5.59. The number of nitrogens with one attached hydrogen (secondary N) is 1. The molecule has 0 spiro atoms. The van der Waals surface area contributed by atoms with E-state index in [1.165, 1.54) is 4.90 Å². The first-order valence-corrected chi connectivity index (χ1v) is 10.5. The van der Waals surface area contributed by atoms with Gasteiger partial charge in [-0.25, -0.2) is 0 Å². The number of imide groups is 1. The molecule has 3 fully saturated rings. The number of amides is 3. The van der Waals surface area contributed by atoms with Crippen LogP contribution >= 0.6 is 0 Å². The van der Waals surface area contributed by atoms with E-state index >= 15 is 0 Å². The Balaban J connectivity index is 1.41. The average Bonchev–Trinajstić information content (AvgIpc) is 3.42. The van der Waals surface area contributed by atoms with Gasteiger partial charge in [0.05, 0.1) is 17.5 Å². The molecular weight excluding hydrogens is 364 g/mol.